The number of benzene rings is 2. The molecule has 124 valence electrons. The van der Waals surface area contributed by atoms with Gasteiger partial charge in [0.05, 0.1) is 12.2 Å². The number of hydrogen-bond acceptors (Lipinski definition) is 5. The molecule has 0 aliphatic heterocycles. The van der Waals surface area contributed by atoms with Crippen LogP contribution in [0.25, 0.3) is 0 Å². The first-order valence-corrected chi connectivity index (χ1v) is 7.38. The van der Waals surface area contributed by atoms with E-state index in [1.807, 2.05) is 0 Å². The van der Waals surface area contributed by atoms with Gasteiger partial charge in [0.1, 0.15) is 11.5 Å². The molecule has 0 atom stereocenters. The van der Waals surface area contributed by atoms with E-state index >= 15 is 0 Å². The zero-order valence-corrected chi connectivity index (χ0v) is 13.3. The third kappa shape index (κ3) is 3.81. The van der Waals surface area contributed by atoms with Crippen LogP contribution in [0.2, 0.25) is 0 Å². The lowest BCUT2D eigenvalue weighted by atomic mass is 9.98. The van der Waals surface area contributed by atoms with E-state index in [4.69, 9.17) is 4.74 Å². The van der Waals surface area contributed by atoms with Gasteiger partial charge in [-0.3, -0.25) is 4.79 Å². The van der Waals surface area contributed by atoms with Crippen molar-refractivity contribution < 1.29 is 24.5 Å². The average molecular weight is 326 g/mol. The Morgan fingerprint density at radius 3 is 2.38 bits per heavy atom. The fourth-order valence-electron chi connectivity index (χ4n) is 2.17. The maximum absolute atomic E-state index is 12.5. The highest BCUT2D eigenvalue weighted by molar-refractivity contribution is 6.11. The molecule has 0 spiro atoms. The molecule has 2 rings (SSSR count). The van der Waals surface area contributed by atoms with Gasteiger partial charge in [0.2, 0.25) is 0 Å². The second-order valence-electron chi connectivity index (χ2n) is 5.32. The first kappa shape index (κ1) is 17.3. The van der Waals surface area contributed by atoms with E-state index in [0.29, 0.717) is 5.56 Å². The summed E-state index contributed by atoms with van der Waals surface area (Å²) in [6, 6.07) is 11.2. The van der Waals surface area contributed by atoms with Gasteiger partial charge in [0.15, 0.2) is 5.78 Å². The number of aromatic hydroxyl groups is 2. The molecule has 0 saturated heterocycles. The molecule has 5 nitrogen and oxygen atoms in total. The van der Waals surface area contributed by atoms with Gasteiger partial charge in [-0.2, -0.15) is 0 Å². The standard InChI is InChI=1S/C19H18O5/c1-12(2)19(23)24-11-10-14-16(20)9-8-15(18(14)22)17(21)13-6-4-3-5-7-13/h3-9,20,22H,1,10-11H2,2H3. The van der Waals surface area contributed by atoms with Crippen molar-refractivity contribution in [3.8, 4) is 11.5 Å². The molecule has 0 aromatic heterocycles. The predicted molar refractivity (Wildman–Crippen MR) is 89.1 cm³/mol. The van der Waals surface area contributed by atoms with Gasteiger partial charge < -0.3 is 14.9 Å². The summed E-state index contributed by atoms with van der Waals surface area (Å²) >= 11 is 0. The molecular formula is C19H18O5. The number of rotatable bonds is 6. The molecule has 2 aromatic carbocycles. The van der Waals surface area contributed by atoms with Gasteiger partial charge in [0, 0.05) is 23.1 Å². The number of ether oxygens (including phenoxy) is 1. The molecule has 0 radical (unpaired) electrons. The molecular weight excluding hydrogens is 308 g/mol. The van der Waals surface area contributed by atoms with Crippen LogP contribution in [0.1, 0.15) is 28.4 Å². The lowest BCUT2D eigenvalue weighted by Gasteiger charge is -2.12. The molecule has 24 heavy (non-hydrogen) atoms. The summed E-state index contributed by atoms with van der Waals surface area (Å²) < 4.78 is 4.96. The Balaban J connectivity index is 2.22. The first-order valence-electron chi connectivity index (χ1n) is 7.38. The van der Waals surface area contributed by atoms with Gasteiger partial charge in [-0.25, -0.2) is 4.79 Å². The lowest BCUT2D eigenvalue weighted by molar-refractivity contribution is -0.138. The van der Waals surface area contributed by atoms with Crippen molar-refractivity contribution in [2.75, 3.05) is 6.61 Å². The van der Waals surface area contributed by atoms with Crippen molar-refractivity contribution in [2.24, 2.45) is 0 Å². The van der Waals surface area contributed by atoms with Crippen molar-refractivity contribution in [3.63, 3.8) is 0 Å². The Kier molecular flexibility index (Phi) is 5.37. The van der Waals surface area contributed by atoms with Crippen LogP contribution >= 0.6 is 0 Å². The lowest BCUT2D eigenvalue weighted by Crippen LogP contribution is -2.09. The summed E-state index contributed by atoms with van der Waals surface area (Å²) in [5, 5.41) is 20.3. The smallest absolute Gasteiger partial charge is 0.333 e. The zero-order valence-electron chi connectivity index (χ0n) is 13.3. The van der Waals surface area contributed by atoms with Crippen LogP contribution in [0.15, 0.2) is 54.6 Å². The summed E-state index contributed by atoms with van der Waals surface area (Å²) in [5.41, 5.74) is 0.932. The summed E-state index contributed by atoms with van der Waals surface area (Å²) in [6.45, 7) is 4.95. The van der Waals surface area contributed by atoms with Crippen molar-refractivity contribution in [2.45, 2.75) is 13.3 Å². The maximum atomic E-state index is 12.5. The number of hydrogen-bond donors (Lipinski definition) is 2. The van der Waals surface area contributed by atoms with Crippen LogP contribution in [0.4, 0.5) is 0 Å². The second kappa shape index (κ2) is 7.46. The number of ketones is 1. The summed E-state index contributed by atoms with van der Waals surface area (Å²) in [6.07, 6.45) is 0.0760. The molecule has 0 amide bonds. The fraction of sp³-hybridized carbons (Fsp3) is 0.158. The van der Waals surface area contributed by atoms with Crippen molar-refractivity contribution in [1.29, 1.82) is 0 Å². The number of carbonyl (C=O) groups is 2. The highest BCUT2D eigenvalue weighted by Crippen LogP contribution is 2.32. The van der Waals surface area contributed by atoms with Crippen LogP contribution in [-0.4, -0.2) is 28.6 Å². The van der Waals surface area contributed by atoms with Crippen molar-refractivity contribution in [3.05, 3.63) is 71.3 Å². The molecule has 0 aliphatic rings. The van der Waals surface area contributed by atoms with E-state index in [1.54, 1.807) is 30.3 Å². The van der Waals surface area contributed by atoms with Crippen LogP contribution in [0.3, 0.4) is 0 Å². The summed E-state index contributed by atoms with van der Waals surface area (Å²) in [7, 11) is 0. The average Bonchev–Trinajstić information content (AvgIpc) is 2.57. The third-order valence-corrected chi connectivity index (χ3v) is 3.47. The van der Waals surface area contributed by atoms with Gasteiger partial charge in [-0.15, -0.1) is 0 Å². The van der Waals surface area contributed by atoms with Gasteiger partial charge >= 0.3 is 5.97 Å². The Bertz CT molecular complexity index is 778. The minimum absolute atomic E-state index is 0.0458. The number of phenols is 2. The Morgan fingerprint density at radius 1 is 1.08 bits per heavy atom. The van der Waals surface area contributed by atoms with Crippen LogP contribution in [0, 0.1) is 0 Å². The first-order chi connectivity index (χ1) is 11.4. The topological polar surface area (TPSA) is 83.8 Å². The van der Waals surface area contributed by atoms with Crippen LogP contribution in [0.5, 0.6) is 11.5 Å². The van der Waals surface area contributed by atoms with E-state index in [-0.39, 0.29) is 47.0 Å². The molecule has 0 saturated carbocycles. The SMILES string of the molecule is C=C(C)C(=O)OCCc1c(O)ccc(C(=O)c2ccccc2)c1O. The van der Waals surface area contributed by atoms with E-state index in [0.717, 1.165) is 0 Å². The Labute approximate surface area is 139 Å². The maximum Gasteiger partial charge on any atom is 0.333 e. The van der Waals surface area contributed by atoms with E-state index < -0.39 is 5.97 Å². The van der Waals surface area contributed by atoms with Gasteiger partial charge in [0.25, 0.3) is 0 Å². The quantitative estimate of drug-likeness (QED) is 0.484. The second-order valence-corrected chi connectivity index (χ2v) is 5.32. The highest BCUT2D eigenvalue weighted by atomic mass is 16.5. The molecule has 0 aliphatic carbocycles. The molecule has 0 fully saturated rings. The molecule has 0 heterocycles. The zero-order chi connectivity index (χ0) is 17.7. The minimum Gasteiger partial charge on any atom is -0.508 e. The molecule has 2 N–H and O–H groups in total. The normalized spacial score (nSPS) is 10.2. The van der Waals surface area contributed by atoms with E-state index in [9.17, 15) is 19.8 Å². The van der Waals surface area contributed by atoms with Crippen LogP contribution < -0.4 is 0 Å². The van der Waals surface area contributed by atoms with Gasteiger partial charge in [-0.1, -0.05) is 36.9 Å². The molecule has 0 unspecified atom stereocenters. The molecule has 0 bridgehead atoms. The molecule has 5 heteroatoms. The minimum atomic E-state index is -0.550. The number of phenolic OH excluding ortho intramolecular Hbond substituents is 2. The largest absolute Gasteiger partial charge is 0.508 e. The van der Waals surface area contributed by atoms with Crippen molar-refractivity contribution >= 4 is 11.8 Å². The Morgan fingerprint density at radius 2 is 1.75 bits per heavy atom. The van der Waals surface area contributed by atoms with E-state index in [2.05, 4.69) is 6.58 Å². The Hall–Kier alpha value is -3.08. The highest BCUT2D eigenvalue weighted by Gasteiger charge is 2.19. The summed E-state index contributed by atoms with van der Waals surface area (Å²) in [5.74, 6) is -1.38. The van der Waals surface area contributed by atoms with Crippen molar-refractivity contribution in [1.82, 2.24) is 0 Å². The monoisotopic (exact) mass is 326 g/mol. The fourth-order valence-corrected chi connectivity index (χ4v) is 2.17. The predicted octanol–water partition coefficient (Wildman–Crippen LogP) is 2.99. The summed E-state index contributed by atoms with van der Waals surface area (Å²) in [4.78, 5) is 23.8. The third-order valence-electron chi connectivity index (χ3n) is 3.47. The number of esters is 1. The van der Waals surface area contributed by atoms with Crippen LogP contribution in [-0.2, 0) is 16.0 Å². The molecule has 2 aromatic rings. The van der Waals surface area contributed by atoms with E-state index in [1.165, 1.54) is 19.1 Å². The number of carbonyl (C=O) groups excluding carboxylic acids is 2. The van der Waals surface area contributed by atoms with Gasteiger partial charge in [-0.05, 0) is 19.1 Å².